The van der Waals surface area contributed by atoms with Gasteiger partial charge >= 0.3 is 5.97 Å². The molecule has 0 spiro atoms. The highest BCUT2D eigenvalue weighted by Gasteiger charge is 2.56. The quantitative estimate of drug-likeness (QED) is 0.505. The Morgan fingerprint density at radius 3 is 2.56 bits per heavy atom. The third kappa shape index (κ3) is 4.34. The van der Waals surface area contributed by atoms with Crippen molar-refractivity contribution in [2.24, 2.45) is 23.7 Å². The van der Waals surface area contributed by atoms with E-state index >= 15 is 0 Å². The van der Waals surface area contributed by atoms with Crippen molar-refractivity contribution in [2.75, 3.05) is 0 Å². The number of rotatable bonds is 6. The van der Waals surface area contributed by atoms with Crippen LogP contribution in [0.15, 0.2) is 42.5 Å². The van der Waals surface area contributed by atoms with Crippen LogP contribution in [0, 0.1) is 23.7 Å². The number of hydrogen-bond donors (Lipinski definition) is 0. The van der Waals surface area contributed by atoms with Crippen LogP contribution in [0.1, 0.15) is 70.7 Å². The maximum absolute atomic E-state index is 13.1. The van der Waals surface area contributed by atoms with Crippen molar-refractivity contribution in [3.63, 3.8) is 0 Å². The maximum Gasteiger partial charge on any atom is 0.338 e. The molecule has 4 rings (SSSR count). The number of fused-ring (bicyclic) bond motifs is 1. The van der Waals surface area contributed by atoms with Crippen molar-refractivity contribution in [3.8, 4) is 0 Å². The lowest BCUT2D eigenvalue weighted by Crippen LogP contribution is -2.46. The van der Waals surface area contributed by atoms with Crippen molar-refractivity contribution in [2.45, 2.75) is 78.1 Å². The van der Waals surface area contributed by atoms with Gasteiger partial charge in [0.05, 0.1) is 11.7 Å². The molecule has 2 aliphatic rings. The fraction of sp³-hybridized carbons (Fsp3) is 0.571. The van der Waals surface area contributed by atoms with Gasteiger partial charge in [-0.2, -0.15) is 0 Å². The highest BCUT2D eigenvalue weighted by atomic mass is 16.5. The summed E-state index contributed by atoms with van der Waals surface area (Å²) in [6.07, 6.45) is 3.07. The first-order valence-electron chi connectivity index (χ1n) is 12.1. The van der Waals surface area contributed by atoms with E-state index in [1.165, 1.54) is 0 Å². The highest BCUT2D eigenvalue weighted by molar-refractivity contribution is 5.95. The summed E-state index contributed by atoms with van der Waals surface area (Å²) in [7, 11) is 0. The molecule has 0 amide bonds. The number of hydrogen-bond acceptors (Lipinski definition) is 4. The first-order valence-corrected chi connectivity index (χ1v) is 12.1. The van der Waals surface area contributed by atoms with Crippen LogP contribution < -0.4 is 0 Å². The summed E-state index contributed by atoms with van der Waals surface area (Å²) in [6, 6.07) is 13.7. The van der Waals surface area contributed by atoms with Gasteiger partial charge in [0.2, 0.25) is 0 Å². The van der Waals surface area contributed by atoms with Crippen LogP contribution in [0.2, 0.25) is 0 Å². The minimum atomic E-state index is -0.779. The molecule has 1 saturated heterocycles. The van der Waals surface area contributed by atoms with Gasteiger partial charge in [-0.3, -0.25) is 4.79 Å². The Kier molecular flexibility index (Phi) is 6.44. The fourth-order valence-electron chi connectivity index (χ4n) is 6.10. The molecule has 1 saturated carbocycles. The Morgan fingerprint density at radius 1 is 1.12 bits per heavy atom. The third-order valence-corrected chi connectivity index (χ3v) is 7.69. The Hall–Kier alpha value is -2.20. The molecule has 1 aliphatic heterocycles. The second-order valence-electron chi connectivity index (χ2n) is 10.5. The summed E-state index contributed by atoms with van der Waals surface area (Å²) in [5, 5.41) is 2.12. The first kappa shape index (κ1) is 23.0. The van der Waals surface area contributed by atoms with E-state index < -0.39 is 5.60 Å². The lowest BCUT2D eigenvalue weighted by molar-refractivity contribution is -0.144. The molecule has 2 aromatic rings. The zero-order chi connectivity index (χ0) is 23.0. The molecule has 6 unspecified atom stereocenters. The first-order chi connectivity index (χ1) is 15.2. The molecule has 1 heterocycles. The van der Waals surface area contributed by atoms with Gasteiger partial charge in [-0.1, -0.05) is 51.1 Å². The Bertz CT molecular complexity index is 996. The smallest absolute Gasteiger partial charge is 0.338 e. The van der Waals surface area contributed by atoms with Crippen molar-refractivity contribution < 1.29 is 19.1 Å². The molecule has 6 atom stereocenters. The molecule has 4 nitrogen and oxygen atoms in total. The van der Waals surface area contributed by atoms with Gasteiger partial charge in [0, 0.05) is 18.3 Å². The van der Waals surface area contributed by atoms with Crippen LogP contribution in [-0.2, 0) is 14.3 Å². The Morgan fingerprint density at radius 2 is 1.84 bits per heavy atom. The lowest BCUT2D eigenvalue weighted by Gasteiger charge is -2.37. The Balaban J connectivity index is 1.50. The molecule has 2 fully saturated rings. The van der Waals surface area contributed by atoms with E-state index in [1.807, 2.05) is 56.3 Å². The second kappa shape index (κ2) is 8.97. The molecule has 172 valence electrons. The Labute approximate surface area is 191 Å². The van der Waals surface area contributed by atoms with Crippen molar-refractivity contribution in [1.82, 2.24) is 0 Å². The molecule has 0 bridgehead atoms. The molecule has 32 heavy (non-hydrogen) atoms. The van der Waals surface area contributed by atoms with E-state index in [4.69, 9.17) is 9.47 Å². The monoisotopic (exact) mass is 436 g/mol. The minimum absolute atomic E-state index is 0.000452. The van der Waals surface area contributed by atoms with Gasteiger partial charge in [-0.25, -0.2) is 4.79 Å². The molecular weight excluding hydrogens is 400 g/mol. The second-order valence-corrected chi connectivity index (χ2v) is 10.5. The molecule has 0 N–H and O–H groups in total. The molecule has 2 aromatic carbocycles. The summed E-state index contributed by atoms with van der Waals surface area (Å²) < 4.78 is 12.4. The largest absolute Gasteiger partial charge is 0.459 e. The van der Waals surface area contributed by atoms with Gasteiger partial charge in [-0.05, 0) is 67.9 Å². The summed E-state index contributed by atoms with van der Waals surface area (Å²) in [5.74, 6) is 0.947. The van der Waals surface area contributed by atoms with Crippen LogP contribution in [0.4, 0.5) is 0 Å². The number of Topliss-reactive ketones (excluding diaryl/α,β-unsaturated/α-hetero) is 1. The van der Waals surface area contributed by atoms with Crippen molar-refractivity contribution >= 4 is 22.5 Å². The van der Waals surface area contributed by atoms with E-state index in [0.29, 0.717) is 23.8 Å². The average molecular weight is 437 g/mol. The zero-order valence-electron chi connectivity index (χ0n) is 20.0. The van der Waals surface area contributed by atoms with E-state index in [1.54, 1.807) is 0 Å². The molecule has 1 aliphatic carbocycles. The number of ketones is 1. The molecule has 0 radical (unpaired) electrons. The molecular formula is C28H36O4. The number of carbonyl (C=O) groups excluding carboxylic acids is 2. The van der Waals surface area contributed by atoms with Crippen LogP contribution in [0.25, 0.3) is 10.8 Å². The number of carbonyl (C=O) groups is 2. The van der Waals surface area contributed by atoms with Crippen LogP contribution in [0.5, 0.6) is 0 Å². The van der Waals surface area contributed by atoms with Gasteiger partial charge in [-0.15, -0.1) is 0 Å². The molecule has 0 aromatic heterocycles. The summed E-state index contributed by atoms with van der Waals surface area (Å²) in [6.45, 7) is 10.5. The van der Waals surface area contributed by atoms with E-state index in [2.05, 4.69) is 20.8 Å². The summed E-state index contributed by atoms with van der Waals surface area (Å²) in [4.78, 5) is 26.1. The minimum Gasteiger partial charge on any atom is -0.459 e. The van der Waals surface area contributed by atoms with Crippen molar-refractivity contribution in [3.05, 3.63) is 48.0 Å². The molecule has 4 heteroatoms. The van der Waals surface area contributed by atoms with Gasteiger partial charge < -0.3 is 9.47 Å². The van der Waals surface area contributed by atoms with Crippen LogP contribution in [-0.4, -0.2) is 29.6 Å². The maximum atomic E-state index is 13.1. The van der Waals surface area contributed by atoms with E-state index in [0.717, 1.165) is 30.0 Å². The normalized spacial score (nSPS) is 31.4. The highest BCUT2D eigenvalue weighted by Crippen LogP contribution is 2.50. The third-order valence-electron chi connectivity index (χ3n) is 7.69. The van der Waals surface area contributed by atoms with E-state index in [-0.39, 0.29) is 35.8 Å². The van der Waals surface area contributed by atoms with Gasteiger partial charge in [0.15, 0.2) is 5.78 Å². The number of ether oxygens (including phenoxy) is 2. The summed E-state index contributed by atoms with van der Waals surface area (Å²) in [5.41, 5.74) is -0.215. The van der Waals surface area contributed by atoms with Gasteiger partial charge in [0.25, 0.3) is 0 Å². The van der Waals surface area contributed by atoms with E-state index in [9.17, 15) is 9.59 Å². The SMILES string of the molecule is CC(C)CC1CC(=O)C(C)(C2CCC(C)C2C(C)OC(=O)c2ccc3ccccc3c2)O1. The predicted octanol–water partition coefficient (Wildman–Crippen LogP) is 6.21. The lowest BCUT2D eigenvalue weighted by atomic mass is 9.75. The number of benzene rings is 2. The van der Waals surface area contributed by atoms with Crippen LogP contribution >= 0.6 is 0 Å². The average Bonchev–Trinajstić information content (AvgIpc) is 3.27. The number of esters is 1. The zero-order valence-corrected chi connectivity index (χ0v) is 20.0. The predicted molar refractivity (Wildman–Crippen MR) is 127 cm³/mol. The fourth-order valence-corrected chi connectivity index (χ4v) is 6.10. The standard InChI is InChI=1S/C28H36O4/c1-17(2)14-23-16-25(29)28(5,32-23)24-13-10-18(3)26(24)19(4)31-27(30)22-12-11-20-8-6-7-9-21(20)15-22/h6-9,11-12,15,17-19,23-24,26H,10,13-14,16H2,1-5H3. The topological polar surface area (TPSA) is 52.6 Å². The van der Waals surface area contributed by atoms with Gasteiger partial charge in [0.1, 0.15) is 11.7 Å². The van der Waals surface area contributed by atoms with Crippen molar-refractivity contribution in [1.29, 1.82) is 0 Å². The summed E-state index contributed by atoms with van der Waals surface area (Å²) >= 11 is 0. The van der Waals surface area contributed by atoms with Crippen LogP contribution in [0.3, 0.4) is 0 Å².